The largest absolute Gasteiger partial charge is 0.314 e. The van der Waals surface area contributed by atoms with Crippen LogP contribution < -0.4 is 10.6 Å². The molecule has 2 saturated heterocycles. The first kappa shape index (κ1) is 7.53. The average Bonchev–Trinajstić information content (AvgIpc) is 1.81. The van der Waals surface area contributed by atoms with Gasteiger partial charge in [0.05, 0.1) is 0 Å². The minimum atomic E-state index is 0.763. The average molecular weight is 155 g/mol. The van der Waals surface area contributed by atoms with Crippen molar-refractivity contribution in [1.29, 1.82) is 0 Å². The Hall–Kier alpha value is -0.120. The number of likely N-dealkylation sites (tertiary alicyclic amines) is 1. The summed E-state index contributed by atoms with van der Waals surface area (Å²) in [5.41, 5.74) is 0. The number of nitrogens with one attached hydrogen (secondary N) is 2. The van der Waals surface area contributed by atoms with E-state index in [1.165, 1.54) is 32.7 Å². The Morgan fingerprint density at radius 1 is 1.36 bits per heavy atom. The number of rotatable bonds is 3. The molecule has 0 aromatic carbocycles. The maximum Gasteiger partial charge on any atom is 0.0326 e. The quantitative estimate of drug-likeness (QED) is 0.561. The van der Waals surface area contributed by atoms with Crippen molar-refractivity contribution in [3.63, 3.8) is 0 Å². The molecule has 2 N–H and O–H groups in total. The molecule has 2 fully saturated rings. The molecule has 64 valence electrons. The van der Waals surface area contributed by atoms with Crippen LogP contribution in [0.15, 0.2) is 0 Å². The van der Waals surface area contributed by atoms with Gasteiger partial charge in [-0.1, -0.05) is 6.92 Å². The SMILES string of the molecule is CCN1CC(NC2CNC2)C1. The lowest BCUT2D eigenvalue weighted by atomic mass is 10.1. The fraction of sp³-hybridized carbons (Fsp3) is 1.00. The van der Waals surface area contributed by atoms with Gasteiger partial charge in [-0.3, -0.25) is 0 Å². The molecule has 0 radical (unpaired) electrons. The van der Waals surface area contributed by atoms with Gasteiger partial charge < -0.3 is 15.5 Å². The van der Waals surface area contributed by atoms with E-state index < -0.39 is 0 Å². The maximum atomic E-state index is 3.61. The molecule has 0 bridgehead atoms. The summed E-state index contributed by atoms with van der Waals surface area (Å²) >= 11 is 0. The monoisotopic (exact) mass is 155 g/mol. The van der Waals surface area contributed by atoms with Gasteiger partial charge in [0.2, 0.25) is 0 Å². The lowest BCUT2D eigenvalue weighted by molar-refractivity contribution is 0.117. The fourth-order valence-corrected chi connectivity index (χ4v) is 1.67. The van der Waals surface area contributed by atoms with Gasteiger partial charge in [0, 0.05) is 38.3 Å². The van der Waals surface area contributed by atoms with Crippen LogP contribution in [0.4, 0.5) is 0 Å². The van der Waals surface area contributed by atoms with Gasteiger partial charge in [-0.25, -0.2) is 0 Å². The summed E-state index contributed by atoms with van der Waals surface area (Å²) in [7, 11) is 0. The maximum absolute atomic E-state index is 3.61. The molecule has 0 unspecified atom stereocenters. The predicted molar refractivity (Wildman–Crippen MR) is 45.7 cm³/mol. The number of hydrogen-bond donors (Lipinski definition) is 2. The van der Waals surface area contributed by atoms with Crippen LogP contribution in [0.25, 0.3) is 0 Å². The Labute approximate surface area is 68.1 Å². The summed E-state index contributed by atoms with van der Waals surface area (Å²) in [6.07, 6.45) is 0. The molecule has 0 amide bonds. The molecule has 2 aliphatic rings. The molecule has 0 spiro atoms. The van der Waals surface area contributed by atoms with Crippen molar-refractivity contribution in [2.75, 3.05) is 32.7 Å². The van der Waals surface area contributed by atoms with E-state index in [0.29, 0.717) is 0 Å². The van der Waals surface area contributed by atoms with Crippen LogP contribution in [0.2, 0.25) is 0 Å². The molecular weight excluding hydrogens is 138 g/mol. The zero-order chi connectivity index (χ0) is 7.68. The highest BCUT2D eigenvalue weighted by atomic mass is 15.3. The first-order valence-corrected chi connectivity index (χ1v) is 4.57. The van der Waals surface area contributed by atoms with Gasteiger partial charge in [-0.2, -0.15) is 0 Å². The molecule has 2 heterocycles. The molecule has 2 rings (SSSR count). The lowest BCUT2D eigenvalue weighted by Crippen LogP contribution is -2.66. The van der Waals surface area contributed by atoms with Gasteiger partial charge in [-0.15, -0.1) is 0 Å². The minimum Gasteiger partial charge on any atom is -0.314 e. The standard InChI is InChI=1S/C8H17N3/c1-2-11-5-8(6-11)10-7-3-9-4-7/h7-10H,2-6H2,1H3. The highest BCUT2D eigenvalue weighted by Crippen LogP contribution is 2.07. The summed E-state index contributed by atoms with van der Waals surface area (Å²) in [5.74, 6) is 0. The highest BCUT2D eigenvalue weighted by Gasteiger charge is 2.28. The second kappa shape index (κ2) is 3.09. The van der Waals surface area contributed by atoms with Gasteiger partial charge in [-0.05, 0) is 6.54 Å². The fourth-order valence-electron chi connectivity index (χ4n) is 1.67. The van der Waals surface area contributed by atoms with Crippen LogP contribution in [0.3, 0.4) is 0 Å². The minimum absolute atomic E-state index is 0.763. The zero-order valence-corrected chi connectivity index (χ0v) is 7.14. The van der Waals surface area contributed by atoms with Crippen LogP contribution in [-0.2, 0) is 0 Å². The zero-order valence-electron chi connectivity index (χ0n) is 7.14. The normalized spacial score (nSPS) is 28.1. The molecule has 3 heteroatoms. The molecule has 11 heavy (non-hydrogen) atoms. The highest BCUT2D eigenvalue weighted by molar-refractivity contribution is 4.91. The molecule has 0 aromatic rings. The van der Waals surface area contributed by atoms with E-state index in [1.54, 1.807) is 0 Å². The van der Waals surface area contributed by atoms with E-state index in [1.807, 2.05) is 0 Å². The van der Waals surface area contributed by atoms with Gasteiger partial charge in [0.1, 0.15) is 0 Å². The van der Waals surface area contributed by atoms with Crippen molar-refractivity contribution >= 4 is 0 Å². The predicted octanol–water partition coefficient (Wildman–Crippen LogP) is -0.748. The van der Waals surface area contributed by atoms with Crippen LogP contribution in [0, 0.1) is 0 Å². The Kier molecular flexibility index (Phi) is 2.11. The van der Waals surface area contributed by atoms with Crippen molar-refractivity contribution in [2.45, 2.75) is 19.0 Å². The second-order valence-corrected chi connectivity index (χ2v) is 3.57. The Bertz CT molecular complexity index is 127. The van der Waals surface area contributed by atoms with Crippen LogP contribution in [0.1, 0.15) is 6.92 Å². The summed E-state index contributed by atoms with van der Waals surface area (Å²) in [6, 6.07) is 1.54. The number of hydrogen-bond acceptors (Lipinski definition) is 3. The van der Waals surface area contributed by atoms with Crippen molar-refractivity contribution in [2.24, 2.45) is 0 Å². The van der Waals surface area contributed by atoms with Crippen molar-refractivity contribution in [3.8, 4) is 0 Å². The van der Waals surface area contributed by atoms with E-state index in [4.69, 9.17) is 0 Å². The van der Waals surface area contributed by atoms with E-state index in [0.717, 1.165) is 12.1 Å². The van der Waals surface area contributed by atoms with Crippen LogP contribution in [-0.4, -0.2) is 49.7 Å². The summed E-state index contributed by atoms with van der Waals surface area (Å²) in [5, 5.41) is 6.88. The molecule has 0 aromatic heterocycles. The number of nitrogens with zero attached hydrogens (tertiary/aromatic N) is 1. The van der Waals surface area contributed by atoms with E-state index in [2.05, 4.69) is 22.5 Å². The summed E-state index contributed by atoms with van der Waals surface area (Å²) in [6.45, 7) is 8.29. The van der Waals surface area contributed by atoms with Crippen molar-refractivity contribution < 1.29 is 0 Å². The molecular formula is C8H17N3. The van der Waals surface area contributed by atoms with Crippen LogP contribution >= 0.6 is 0 Å². The Morgan fingerprint density at radius 2 is 2.09 bits per heavy atom. The van der Waals surface area contributed by atoms with E-state index >= 15 is 0 Å². The number of likely N-dealkylation sites (N-methyl/N-ethyl adjacent to an activating group) is 1. The molecule has 2 aliphatic heterocycles. The van der Waals surface area contributed by atoms with E-state index in [9.17, 15) is 0 Å². The topological polar surface area (TPSA) is 27.3 Å². The third kappa shape index (κ3) is 1.55. The van der Waals surface area contributed by atoms with Crippen molar-refractivity contribution in [1.82, 2.24) is 15.5 Å². The molecule has 0 atom stereocenters. The summed E-state index contributed by atoms with van der Waals surface area (Å²) < 4.78 is 0. The summed E-state index contributed by atoms with van der Waals surface area (Å²) in [4.78, 5) is 2.46. The molecule has 0 saturated carbocycles. The van der Waals surface area contributed by atoms with Gasteiger partial charge in [0.15, 0.2) is 0 Å². The molecule has 3 nitrogen and oxygen atoms in total. The second-order valence-electron chi connectivity index (χ2n) is 3.57. The Balaban J connectivity index is 1.59. The smallest absolute Gasteiger partial charge is 0.0326 e. The van der Waals surface area contributed by atoms with Gasteiger partial charge in [0.25, 0.3) is 0 Å². The first-order valence-electron chi connectivity index (χ1n) is 4.57. The first-order chi connectivity index (χ1) is 5.38. The third-order valence-corrected chi connectivity index (χ3v) is 2.66. The molecule has 0 aliphatic carbocycles. The van der Waals surface area contributed by atoms with E-state index in [-0.39, 0.29) is 0 Å². The lowest BCUT2D eigenvalue weighted by Gasteiger charge is -2.43. The van der Waals surface area contributed by atoms with Crippen LogP contribution in [0.5, 0.6) is 0 Å². The Morgan fingerprint density at radius 3 is 2.55 bits per heavy atom. The van der Waals surface area contributed by atoms with Crippen molar-refractivity contribution in [3.05, 3.63) is 0 Å². The van der Waals surface area contributed by atoms with Gasteiger partial charge >= 0.3 is 0 Å². The third-order valence-electron chi connectivity index (χ3n) is 2.66.